The lowest BCUT2D eigenvalue weighted by atomic mass is 9.80. The van der Waals surface area contributed by atoms with E-state index in [1.54, 1.807) is 12.1 Å². The van der Waals surface area contributed by atoms with Crippen molar-refractivity contribution in [3.8, 4) is 0 Å². The zero-order chi connectivity index (χ0) is 21.0. The number of nitrogens with one attached hydrogen (secondary N) is 1. The highest BCUT2D eigenvalue weighted by atomic mass is 32.2. The number of primary amides is 1. The van der Waals surface area contributed by atoms with Crippen molar-refractivity contribution >= 4 is 21.6 Å². The summed E-state index contributed by atoms with van der Waals surface area (Å²) in [4.78, 5) is 11.3. The number of carbonyl (C=O) groups excluding carboxylic acids is 1. The van der Waals surface area contributed by atoms with Crippen LogP contribution >= 0.6 is 0 Å². The van der Waals surface area contributed by atoms with Gasteiger partial charge in [0.2, 0.25) is 5.91 Å². The molecule has 2 aromatic carbocycles. The minimum Gasteiger partial charge on any atom is -0.370 e. The number of hydrogen-bond acceptors (Lipinski definition) is 3. The number of amides is 1. The van der Waals surface area contributed by atoms with Gasteiger partial charge >= 0.3 is 0 Å². The van der Waals surface area contributed by atoms with Gasteiger partial charge in [-0.15, -0.1) is 0 Å². The maximum absolute atomic E-state index is 12.8. The summed E-state index contributed by atoms with van der Waals surface area (Å²) >= 11 is 0. The van der Waals surface area contributed by atoms with Gasteiger partial charge in [0.15, 0.2) is 0 Å². The van der Waals surface area contributed by atoms with Gasteiger partial charge in [0.25, 0.3) is 10.0 Å². The molecule has 5 nitrogen and oxygen atoms in total. The van der Waals surface area contributed by atoms with Gasteiger partial charge < -0.3 is 5.73 Å². The van der Waals surface area contributed by atoms with Crippen molar-refractivity contribution in [2.75, 3.05) is 4.72 Å². The van der Waals surface area contributed by atoms with Crippen LogP contribution in [0.5, 0.6) is 0 Å². The van der Waals surface area contributed by atoms with Crippen molar-refractivity contribution in [2.24, 2.45) is 5.73 Å². The molecule has 0 saturated heterocycles. The summed E-state index contributed by atoms with van der Waals surface area (Å²) in [5, 5.41) is 0. The van der Waals surface area contributed by atoms with Crippen LogP contribution in [0, 0.1) is 0 Å². The third-order valence-corrected chi connectivity index (χ3v) is 7.06. The van der Waals surface area contributed by atoms with Gasteiger partial charge in [-0.05, 0) is 84.9 Å². The van der Waals surface area contributed by atoms with Crippen LogP contribution in [0.4, 0.5) is 5.69 Å². The molecular formula is C23H30N2O3S. The number of hydrogen-bond donors (Lipinski definition) is 2. The molecule has 0 aliphatic heterocycles. The molecule has 0 fully saturated rings. The quantitative estimate of drug-likeness (QED) is 0.657. The Morgan fingerprint density at radius 3 is 2.55 bits per heavy atom. The van der Waals surface area contributed by atoms with Crippen LogP contribution < -0.4 is 10.5 Å². The second-order valence-corrected chi connectivity index (χ2v) is 9.87. The predicted octanol–water partition coefficient (Wildman–Crippen LogP) is 4.69. The fourth-order valence-corrected chi connectivity index (χ4v) is 5.10. The Hall–Kier alpha value is -2.34. The second kappa shape index (κ2) is 8.99. The standard InChI is InChI=1S/C23H30N2O3S/c1-16(2)17-9-12-21(13-10-17)29(27,28)25-20-11-14-22-18(6-4-8-23(24)26)5-3-7-19(22)15-20/h9-16,18,25H,3-8H2,1-2H3,(H2,24,26). The van der Waals surface area contributed by atoms with Gasteiger partial charge in [0, 0.05) is 12.1 Å². The smallest absolute Gasteiger partial charge is 0.261 e. The summed E-state index contributed by atoms with van der Waals surface area (Å²) in [6.45, 7) is 4.16. The van der Waals surface area contributed by atoms with E-state index in [1.165, 1.54) is 11.1 Å². The SMILES string of the molecule is CC(C)c1ccc(S(=O)(=O)Nc2ccc3c(c2)CCCC3CCCC(N)=O)cc1. The molecule has 1 aliphatic rings. The van der Waals surface area contributed by atoms with Crippen LogP contribution in [0.25, 0.3) is 0 Å². The van der Waals surface area contributed by atoms with Crippen molar-refractivity contribution in [1.82, 2.24) is 0 Å². The molecule has 0 bridgehead atoms. The Morgan fingerprint density at radius 1 is 1.17 bits per heavy atom. The number of rotatable bonds is 8. The fourth-order valence-electron chi connectivity index (χ4n) is 4.05. The molecule has 29 heavy (non-hydrogen) atoms. The highest BCUT2D eigenvalue weighted by Gasteiger charge is 2.21. The number of anilines is 1. The Balaban J connectivity index is 1.74. The van der Waals surface area contributed by atoms with Gasteiger partial charge in [0.1, 0.15) is 0 Å². The zero-order valence-corrected chi connectivity index (χ0v) is 18.0. The molecule has 3 rings (SSSR count). The normalized spacial score (nSPS) is 16.4. The first-order chi connectivity index (χ1) is 13.8. The lowest BCUT2D eigenvalue weighted by molar-refractivity contribution is -0.118. The van der Waals surface area contributed by atoms with E-state index in [0.717, 1.165) is 37.7 Å². The van der Waals surface area contributed by atoms with E-state index < -0.39 is 10.0 Å². The number of sulfonamides is 1. The van der Waals surface area contributed by atoms with Crippen LogP contribution in [0.15, 0.2) is 47.4 Å². The Morgan fingerprint density at radius 2 is 1.90 bits per heavy atom. The first-order valence-electron chi connectivity index (χ1n) is 10.3. The zero-order valence-electron chi connectivity index (χ0n) is 17.1. The van der Waals surface area contributed by atoms with Gasteiger partial charge in [-0.3, -0.25) is 9.52 Å². The van der Waals surface area contributed by atoms with Gasteiger partial charge in [-0.25, -0.2) is 8.42 Å². The summed E-state index contributed by atoms with van der Waals surface area (Å²) in [6.07, 6.45) is 5.25. The monoisotopic (exact) mass is 414 g/mol. The molecule has 1 unspecified atom stereocenters. The molecule has 0 heterocycles. The molecule has 1 atom stereocenters. The molecule has 1 amide bonds. The van der Waals surface area contributed by atoms with E-state index in [-0.39, 0.29) is 10.8 Å². The summed E-state index contributed by atoms with van der Waals surface area (Å²) in [6, 6.07) is 12.9. The van der Waals surface area contributed by atoms with Crippen LogP contribution in [0.3, 0.4) is 0 Å². The van der Waals surface area contributed by atoms with Gasteiger partial charge in [-0.1, -0.05) is 32.0 Å². The molecule has 3 N–H and O–H groups in total. The van der Waals surface area contributed by atoms with Gasteiger partial charge in [0.05, 0.1) is 4.90 Å². The number of aryl methyl sites for hydroxylation is 1. The number of carbonyl (C=O) groups is 1. The largest absolute Gasteiger partial charge is 0.370 e. The molecule has 0 saturated carbocycles. The highest BCUT2D eigenvalue weighted by molar-refractivity contribution is 7.92. The van der Waals surface area contributed by atoms with Crippen molar-refractivity contribution in [2.45, 2.75) is 69.1 Å². The van der Waals surface area contributed by atoms with Crippen LogP contribution in [-0.4, -0.2) is 14.3 Å². The van der Waals surface area contributed by atoms with E-state index in [2.05, 4.69) is 18.6 Å². The molecule has 156 valence electrons. The summed E-state index contributed by atoms with van der Waals surface area (Å²) in [5.74, 6) is 0.510. The molecule has 6 heteroatoms. The lowest BCUT2D eigenvalue weighted by Crippen LogP contribution is -2.15. The third kappa shape index (κ3) is 5.38. The fraction of sp³-hybridized carbons (Fsp3) is 0.435. The Labute approximate surface area is 173 Å². The minimum absolute atomic E-state index is 0.257. The predicted molar refractivity (Wildman–Crippen MR) is 117 cm³/mol. The first-order valence-corrected chi connectivity index (χ1v) is 11.8. The van der Waals surface area contributed by atoms with E-state index in [9.17, 15) is 13.2 Å². The second-order valence-electron chi connectivity index (χ2n) is 8.19. The summed E-state index contributed by atoms with van der Waals surface area (Å²) < 4.78 is 28.2. The van der Waals surface area contributed by atoms with E-state index in [4.69, 9.17) is 5.73 Å². The molecular weight excluding hydrogens is 384 g/mol. The van der Waals surface area contributed by atoms with Crippen LogP contribution in [0.1, 0.15) is 74.5 Å². The number of benzene rings is 2. The van der Waals surface area contributed by atoms with E-state index in [0.29, 0.717) is 23.9 Å². The maximum Gasteiger partial charge on any atom is 0.261 e. The molecule has 0 aromatic heterocycles. The van der Waals surface area contributed by atoms with Crippen molar-refractivity contribution in [3.05, 3.63) is 59.2 Å². The van der Waals surface area contributed by atoms with E-state index >= 15 is 0 Å². The average molecular weight is 415 g/mol. The maximum atomic E-state index is 12.8. The van der Waals surface area contributed by atoms with Crippen molar-refractivity contribution in [1.29, 1.82) is 0 Å². The lowest BCUT2D eigenvalue weighted by Gasteiger charge is -2.26. The Bertz CT molecular complexity index is 966. The van der Waals surface area contributed by atoms with Crippen molar-refractivity contribution < 1.29 is 13.2 Å². The number of nitrogens with two attached hydrogens (primary N) is 1. The first kappa shape index (κ1) is 21.4. The summed E-state index contributed by atoms with van der Waals surface area (Å²) in [7, 11) is -3.62. The Kier molecular flexibility index (Phi) is 6.63. The van der Waals surface area contributed by atoms with Crippen LogP contribution in [0.2, 0.25) is 0 Å². The molecule has 1 aliphatic carbocycles. The summed E-state index contributed by atoms with van der Waals surface area (Å²) in [5.41, 5.74) is 9.41. The molecule has 2 aromatic rings. The average Bonchev–Trinajstić information content (AvgIpc) is 2.67. The third-order valence-electron chi connectivity index (χ3n) is 5.67. The van der Waals surface area contributed by atoms with Gasteiger partial charge in [-0.2, -0.15) is 0 Å². The molecule has 0 radical (unpaired) electrons. The van der Waals surface area contributed by atoms with Crippen LogP contribution in [-0.2, 0) is 21.2 Å². The molecule has 0 spiro atoms. The minimum atomic E-state index is -3.62. The highest BCUT2D eigenvalue weighted by Crippen LogP contribution is 2.36. The van der Waals surface area contributed by atoms with Crippen molar-refractivity contribution in [3.63, 3.8) is 0 Å². The topological polar surface area (TPSA) is 89.3 Å². The number of fused-ring (bicyclic) bond motifs is 1. The van der Waals surface area contributed by atoms with E-state index in [1.807, 2.05) is 30.3 Å².